The zero-order chi connectivity index (χ0) is 14.5. The molecule has 0 saturated carbocycles. The second-order valence-electron chi connectivity index (χ2n) is 4.49. The van der Waals surface area contributed by atoms with Gasteiger partial charge >= 0.3 is 0 Å². The van der Waals surface area contributed by atoms with E-state index in [1.54, 1.807) is 14.2 Å². The van der Waals surface area contributed by atoms with Crippen LogP contribution in [0.1, 0.15) is 11.1 Å². The molecule has 20 heavy (non-hydrogen) atoms. The molecule has 0 radical (unpaired) electrons. The zero-order valence-corrected chi connectivity index (χ0v) is 14.0. The van der Waals surface area contributed by atoms with Gasteiger partial charge in [-0.2, -0.15) is 0 Å². The van der Waals surface area contributed by atoms with Crippen molar-refractivity contribution in [3.05, 3.63) is 51.1 Å². The van der Waals surface area contributed by atoms with Crippen molar-refractivity contribution in [1.82, 2.24) is 0 Å². The average Bonchev–Trinajstić information content (AvgIpc) is 2.46. The Morgan fingerprint density at radius 2 is 1.85 bits per heavy atom. The number of hydrogen-bond donors (Lipinski definition) is 1. The van der Waals surface area contributed by atoms with E-state index in [-0.39, 0.29) is 0 Å². The van der Waals surface area contributed by atoms with Crippen LogP contribution in [0.15, 0.2) is 36.4 Å². The predicted octanol–water partition coefficient (Wildman–Crippen LogP) is 4.23. The molecule has 0 spiro atoms. The summed E-state index contributed by atoms with van der Waals surface area (Å²) in [7, 11) is 3.35. The summed E-state index contributed by atoms with van der Waals surface area (Å²) in [5.74, 6) is 1.70. The largest absolute Gasteiger partial charge is 0.497 e. The molecular formula is C16H18INO2. The predicted molar refractivity (Wildman–Crippen MR) is 90.8 cm³/mol. The molecule has 0 fully saturated rings. The van der Waals surface area contributed by atoms with Crippen molar-refractivity contribution >= 4 is 28.3 Å². The van der Waals surface area contributed by atoms with E-state index >= 15 is 0 Å². The van der Waals surface area contributed by atoms with Crippen LogP contribution in [0.4, 0.5) is 5.69 Å². The van der Waals surface area contributed by atoms with Crippen molar-refractivity contribution in [2.24, 2.45) is 0 Å². The van der Waals surface area contributed by atoms with Gasteiger partial charge in [0.25, 0.3) is 0 Å². The summed E-state index contributed by atoms with van der Waals surface area (Å²) in [5.41, 5.74) is 3.44. The second kappa shape index (κ2) is 6.83. The van der Waals surface area contributed by atoms with Crippen LogP contribution in [0.25, 0.3) is 0 Å². The first-order valence-corrected chi connectivity index (χ1v) is 7.43. The minimum Gasteiger partial charge on any atom is -0.497 e. The van der Waals surface area contributed by atoms with Crippen LogP contribution in [0, 0.1) is 10.5 Å². The van der Waals surface area contributed by atoms with E-state index < -0.39 is 0 Å². The molecule has 2 aromatic carbocycles. The number of nitrogens with one attached hydrogen (secondary N) is 1. The van der Waals surface area contributed by atoms with Crippen LogP contribution in [0.3, 0.4) is 0 Å². The molecule has 0 heterocycles. The van der Waals surface area contributed by atoms with Gasteiger partial charge < -0.3 is 14.8 Å². The van der Waals surface area contributed by atoms with Crippen molar-refractivity contribution < 1.29 is 9.47 Å². The number of rotatable bonds is 5. The molecule has 0 amide bonds. The minimum atomic E-state index is 0.696. The highest BCUT2D eigenvalue weighted by Gasteiger charge is 2.06. The Bertz CT molecular complexity index is 599. The Morgan fingerprint density at radius 1 is 1.05 bits per heavy atom. The second-order valence-corrected chi connectivity index (χ2v) is 5.74. The van der Waals surface area contributed by atoms with Crippen LogP contribution in [-0.2, 0) is 6.54 Å². The molecule has 0 aliphatic rings. The molecule has 3 nitrogen and oxygen atoms in total. The third-order valence-electron chi connectivity index (χ3n) is 3.15. The van der Waals surface area contributed by atoms with Crippen molar-refractivity contribution in [2.75, 3.05) is 19.5 Å². The van der Waals surface area contributed by atoms with Crippen LogP contribution in [0.5, 0.6) is 11.5 Å². The van der Waals surface area contributed by atoms with Gasteiger partial charge in [-0.15, -0.1) is 0 Å². The number of aryl methyl sites for hydroxylation is 1. The molecule has 106 valence electrons. The van der Waals surface area contributed by atoms with Gasteiger partial charge in [0.1, 0.15) is 11.5 Å². The number of benzene rings is 2. The van der Waals surface area contributed by atoms with Crippen molar-refractivity contribution in [2.45, 2.75) is 13.5 Å². The number of hydrogen-bond acceptors (Lipinski definition) is 3. The van der Waals surface area contributed by atoms with Crippen LogP contribution >= 0.6 is 22.6 Å². The fraction of sp³-hybridized carbons (Fsp3) is 0.250. The van der Waals surface area contributed by atoms with E-state index in [0.29, 0.717) is 6.54 Å². The minimum absolute atomic E-state index is 0.696. The van der Waals surface area contributed by atoms with Crippen molar-refractivity contribution in [3.63, 3.8) is 0 Å². The molecule has 0 atom stereocenters. The number of methoxy groups -OCH3 is 2. The fourth-order valence-electron chi connectivity index (χ4n) is 2.04. The molecule has 0 aliphatic heterocycles. The molecule has 0 aliphatic carbocycles. The summed E-state index contributed by atoms with van der Waals surface area (Å²) < 4.78 is 11.9. The van der Waals surface area contributed by atoms with E-state index in [0.717, 1.165) is 22.7 Å². The lowest BCUT2D eigenvalue weighted by Gasteiger charge is -2.13. The topological polar surface area (TPSA) is 30.5 Å². The van der Waals surface area contributed by atoms with Gasteiger partial charge in [0.15, 0.2) is 0 Å². The van der Waals surface area contributed by atoms with E-state index in [1.165, 1.54) is 9.13 Å². The first kappa shape index (κ1) is 15.0. The Hall–Kier alpha value is -1.43. The summed E-state index contributed by atoms with van der Waals surface area (Å²) in [6.45, 7) is 2.80. The standard InChI is InChI=1S/C16H18INO2/c1-11-8-13(17)4-6-15(11)18-10-12-9-14(19-2)5-7-16(12)20-3/h4-9,18H,10H2,1-3H3. The maximum absolute atomic E-state index is 5.39. The molecule has 0 aromatic heterocycles. The monoisotopic (exact) mass is 383 g/mol. The lowest BCUT2D eigenvalue weighted by molar-refractivity contribution is 0.399. The third-order valence-corrected chi connectivity index (χ3v) is 3.82. The SMILES string of the molecule is COc1ccc(OC)c(CNc2ccc(I)cc2C)c1. The Morgan fingerprint density at radius 3 is 2.50 bits per heavy atom. The van der Waals surface area contributed by atoms with Gasteiger partial charge in [0, 0.05) is 21.4 Å². The lowest BCUT2D eigenvalue weighted by Crippen LogP contribution is -2.03. The maximum Gasteiger partial charge on any atom is 0.124 e. The first-order valence-electron chi connectivity index (χ1n) is 6.35. The Kier molecular flexibility index (Phi) is 5.11. The normalized spacial score (nSPS) is 10.2. The van der Waals surface area contributed by atoms with E-state index in [4.69, 9.17) is 9.47 Å². The molecule has 0 unspecified atom stereocenters. The highest BCUT2D eigenvalue weighted by Crippen LogP contribution is 2.25. The maximum atomic E-state index is 5.39. The molecule has 2 aromatic rings. The van der Waals surface area contributed by atoms with Crippen molar-refractivity contribution in [1.29, 1.82) is 0 Å². The number of ether oxygens (including phenoxy) is 2. The fourth-order valence-corrected chi connectivity index (χ4v) is 2.68. The summed E-state index contributed by atoms with van der Waals surface area (Å²) in [6, 6.07) is 12.2. The summed E-state index contributed by atoms with van der Waals surface area (Å²) in [5, 5.41) is 3.44. The van der Waals surface area contributed by atoms with Crippen LogP contribution in [-0.4, -0.2) is 14.2 Å². The highest BCUT2D eigenvalue weighted by atomic mass is 127. The van der Waals surface area contributed by atoms with E-state index in [9.17, 15) is 0 Å². The average molecular weight is 383 g/mol. The van der Waals surface area contributed by atoms with Crippen LogP contribution < -0.4 is 14.8 Å². The van der Waals surface area contributed by atoms with E-state index in [2.05, 4.69) is 53.0 Å². The number of halogens is 1. The van der Waals surface area contributed by atoms with Gasteiger partial charge in [-0.1, -0.05) is 0 Å². The summed E-state index contributed by atoms with van der Waals surface area (Å²) >= 11 is 2.32. The molecule has 0 bridgehead atoms. The third kappa shape index (κ3) is 3.56. The van der Waals surface area contributed by atoms with Gasteiger partial charge in [-0.05, 0) is 71.5 Å². The Labute approximate surface area is 133 Å². The Balaban J connectivity index is 2.17. The summed E-state index contributed by atoms with van der Waals surface area (Å²) in [6.07, 6.45) is 0. The molecule has 4 heteroatoms. The quantitative estimate of drug-likeness (QED) is 0.784. The zero-order valence-electron chi connectivity index (χ0n) is 11.9. The molecule has 1 N–H and O–H groups in total. The first-order chi connectivity index (χ1) is 9.63. The number of anilines is 1. The van der Waals surface area contributed by atoms with E-state index in [1.807, 2.05) is 18.2 Å². The smallest absolute Gasteiger partial charge is 0.124 e. The van der Waals surface area contributed by atoms with Gasteiger partial charge in [-0.25, -0.2) is 0 Å². The van der Waals surface area contributed by atoms with Gasteiger partial charge in [0.05, 0.1) is 14.2 Å². The molecule has 2 rings (SSSR count). The lowest BCUT2D eigenvalue weighted by atomic mass is 10.1. The van der Waals surface area contributed by atoms with Crippen molar-refractivity contribution in [3.8, 4) is 11.5 Å². The molecule has 0 saturated heterocycles. The molecular weight excluding hydrogens is 365 g/mol. The van der Waals surface area contributed by atoms with Gasteiger partial charge in [-0.3, -0.25) is 0 Å². The summed E-state index contributed by atoms with van der Waals surface area (Å²) in [4.78, 5) is 0. The van der Waals surface area contributed by atoms with Gasteiger partial charge in [0.2, 0.25) is 0 Å². The van der Waals surface area contributed by atoms with Crippen LogP contribution in [0.2, 0.25) is 0 Å². The highest BCUT2D eigenvalue weighted by molar-refractivity contribution is 14.1.